The fourth-order valence-corrected chi connectivity index (χ4v) is 4.89. The highest BCUT2D eigenvalue weighted by atomic mass is 15.2. The molecular weight excluding hydrogens is 370 g/mol. The zero-order chi connectivity index (χ0) is 20.3. The largest absolute Gasteiger partial charge is 0.369 e. The molecule has 0 aliphatic carbocycles. The number of aromatic nitrogens is 2. The van der Waals surface area contributed by atoms with Crippen molar-refractivity contribution in [3.8, 4) is 11.3 Å². The van der Waals surface area contributed by atoms with Crippen LogP contribution >= 0.6 is 0 Å². The van der Waals surface area contributed by atoms with Gasteiger partial charge in [-0.1, -0.05) is 18.6 Å². The lowest BCUT2D eigenvalue weighted by Gasteiger charge is -2.29. The van der Waals surface area contributed by atoms with Gasteiger partial charge in [-0.25, -0.2) is 0 Å². The van der Waals surface area contributed by atoms with E-state index in [2.05, 4.69) is 63.4 Å². The third kappa shape index (κ3) is 4.23. The third-order valence-electron chi connectivity index (χ3n) is 6.57. The number of nitrogens with one attached hydrogen (secondary N) is 2. The van der Waals surface area contributed by atoms with Crippen LogP contribution in [0.3, 0.4) is 0 Å². The molecule has 0 spiro atoms. The molecule has 0 amide bonds. The van der Waals surface area contributed by atoms with Crippen molar-refractivity contribution in [2.45, 2.75) is 32.6 Å². The molecule has 30 heavy (non-hydrogen) atoms. The molecule has 4 heterocycles. The van der Waals surface area contributed by atoms with Gasteiger partial charge in [0.15, 0.2) is 0 Å². The number of aryl methyl sites for hydroxylation is 1. The summed E-state index contributed by atoms with van der Waals surface area (Å²) in [6, 6.07) is 13.5. The number of rotatable bonds is 5. The molecule has 3 aromatic rings. The van der Waals surface area contributed by atoms with Crippen molar-refractivity contribution in [2.75, 3.05) is 50.7 Å². The van der Waals surface area contributed by atoms with E-state index in [0.717, 1.165) is 50.5 Å². The Balaban J connectivity index is 1.38. The van der Waals surface area contributed by atoms with E-state index in [1.165, 1.54) is 60.2 Å². The molecule has 2 aromatic heterocycles. The Morgan fingerprint density at radius 2 is 1.70 bits per heavy atom. The number of anilines is 1. The second-order valence-corrected chi connectivity index (χ2v) is 8.80. The lowest BCUT2D eigenvalue weighted by molar-refractivity contribution is 0.231. The van der Waals surface area contributed by atoms with E-state index in [0.29, 0.717) is 0 Å². The van der Waals surface area contributed by atoms with Gasteiger partial charge >= 0.3 is 0 Å². The number of pyridine rings is 1. The van der Waals surface area contributed by atoms with E-state index in [1.807, 2.05) is 0 Å². The maximum atomic E-state index is 4.92. The standard InChI is InChI=1S/C25H33N5/c1-19-17-24-23(18-21(28-24)9-14-29-12-3-2-4-13-29)25(27-19)20-5-7-22(8-6-20)30-15-10-26-11-16-30/h5-8,17-18,26,28H,2-4,9-16H2,1H3. The molecule has 0 atom stereocenters. The first-order valence-electron chi connectivity index (χ1n) is 11.5. The topological polar surface area (TPSA) is 47.2 Å². The van der Waals surface area contributed by atoms with E-state index in [9.17, 15) is 0 Å². The van der Waals surface area contributed by atoms with Crippen molar-refractivity contribution in [1.82, 2.24) is 20.2 Å². The number of piperidine rings is 1. The maximum Gasteiger partial charge on any atom is 0.0799 e. The molecule has 0 saturated carbocycles. The molecule has 5 nitrogen and oxygen atoms in total. The average molecular weight is 404 g/mol. The number of nitrogens with zero attached hydrogens (tertiary/aromatic N) is 3. The minimum Gasteiger partial charge on any atom is -0.369 e. The number of H-pyrrole nitrogens is 1. The summed E-state index contributed by atoms with van der Waals surface area (Å²) >= 11 is 0. The van der Waals surface area contributed by atoms with Crippen LogP contribution in [0, 0.1) is 6.92 Å². The Hall–Kier alpha value is -2.37. The second-order valence-electron chi connectivity index (χ2n) is 8.80. The van der Waals surface area contributed by atoms with Crippen LogP contribution in [0.4, 0.5) is 5.69 Å². The Labute approximate surface area is 179 Å². The quantitative estimate of drug-likeness (QED) is 0.677. The first kappa shape index (κ1) is 19.6. The fourth-order valence-electron chi connectivity index (χ4n) is 4.89. The molecule has 5 rings (SSSR count). The van der Waals surface area contributed by atoms with E-state index in [1.54, 1.807) is 0 Å². The molecule has 2 saturated heterocycles. The van der Waals surface area contributed by atoms with Crippen LogP contribution in [0.15, 0.2) is 36.4 Å². The lowest BCUT2D eigenvalue weighted by atomic mass is 10.1. The molecule has 2 fully saturated rings. The van der Waals surface area contributed by atoms with Gasteiger partial charge in [0.25, 0.3) is 0 Å². The highest BCUT2D eigenvalue weighted by Crippen LogP contribution is 2.30. The van der Waals surface area contributed by atoms with Crippen molar-refractivity contribution in [1.29, 1.82) is 0 Å². The Kier molecular flexibility index (Phi) is 5.73. The van der Waals surface area contributed by atoms with Gasteiger partial charge in [-0.05, 0) is 57.1 Å². The van der Waals surface area contributed by atoms with E-state index in [-0.39, 0.29) is 0 Å². The maximum absolute atomic E-state index is 4.92. The summed E-state index contributed by atoms with van der Waals surface area (Å²) in [6.45, 7) is 10.0. The number of fused-ring (bicyclic) bond motifs is 1. The predicted molar refractivity (Wildman–Crippen MR) is 125 cm³/mol. The number of piperazine rings is 1. The van der Waals surface area contributed by atoms with Crippen LogP contribution < -0.4 is 10.2 Å². The van der Waals surface area contributed by atoms with Crippen LogP contribution in [-0.4, -0.2) is 60.7 Å². The van der Waals surface area contributed by atoms with Crippen molar-refractivity contribution in [3.05, 3.63) is 47.8 Å². The molecule has 1 aromatic carbocycles. The summed E-state index contributed by atoms with van der Waals surface area (Å²) in [6.07, 6.45) is 5.17. The average Bonchev–Trinajstić information content (AvgIpc) is 3.21. The van der Waals surface area contributed by atoms with Gasteiger partial charge in [0, 0.05) is 72.7 Å². The van der Waals surface area contributed by atoms with E-state index in [4.69, 9.17) is 4.98 Å². The smallest absolute Gasteiger partial charge is 0.0799 e. The normalized spacial score (nSPS) is 18.2. The van der Waals surface area contributed by atoms with Crippen molar-refractivity contribution < 1.29 is 0 Å². The zero-order valence-corrected chi connectivity index (χ0v) is 18.1. The monoisotopic (exact) mass is 403 g/mol. The second kappa shape index (κ2) is 8.78. The first-order chi connectivity index (χ1) is 14.8. The number of hydrogen-bond donors (Lipinski definition) is 2. The SMILES string of the molecule is Cc1cc2[nH]c(CCN3CCCCC3)cc2c(-c2ccc(N3CCNCC3)cc2)n1. The number of aromatic amines is 1. The Morgan fingerprint density at radius 3 is 2.47 bits per heavy atom. The van der Waals surface area contributed by atoms with Gasteiger partial charge in [0.05, 0.1) is 5.69 Å². The predicted octanol–water partition coefficient (Wildman–Crippen LogP) is 3.98. The van der Waals surface area contributed by atoms with Gasteiger partial charge < -0.3 is 20.1 Å². The summed E-state index contributed by atoms with van der Waals surface area (Å²) in [7, 11) is 0. The van der Waals surface area contributed by atoms with Gasteiger partial charge in [-0.3, -0.25) is 4.98 Å². The zero-order valence-electron chi connectivity index (χ0n) is 18.1. The van der Waals surface area contributed by atoms with E-state index < -0.39 is 0 Å². The van der Waals surface area contributed by atoms with Gasteiger partial charge in [0.1, 0.15) is 0 Å². The van der Waals surface area contributed by atoms with Gasteiger partial charge in [0.2, 0.25) is 0 Å². The summed E-state index contributed by atoms with van der Waals surface area (Å²) in [5, 5.41) is 4.66. The van der Waals surface area contributed by atoms with Crippen LogP contribution in [0.25, 0.3) is 22.2 Å². The van der Waals surface area contributed by atoms with Crippen molar-refractivity contribution >= 4 is 16.6 Å². The van der Waals surface area contributed by atoms with Crippen molar-refractivity contribution in [2.24, 2.45) is 0 Å². The van der Waals surface area contributed by atoms with Crippen LogP contribution in [-0.2, 0) is 6.42 Å². The molecule has 5 heteroatoms. The number of hydrogen-bond acceptors (Lipinski definition) is 4. The Bertz CT molecular complexity index is 979. The lowest BCUT2D eigenvalue weighted by Crippen LogP contribution is -2.43. The summed E-state index contributed by atoms with van der Waals surface area (Å²) < 4.78 is 0. The number of likely N-dealkylation sites (tertiary alicyclic amines) is 1. The van der Waals surface area contributed by atoms with Gasteiger partial charge in [-0.15, -0.1) is 0 Å². The fraction of sp³-hybridized carbons (Fsp3) is 0.480. The minimum absolute atomic E-state index is 1.06. The number of benzene rings is 1. The molecule has 0 radical (unpaired) electrons. The Morgan fingerprint density at radius 1 is 0.933 bits per heavy atom. The molecule has 2 aliphatic heterocycles. The first-order valence-corrected chi connectivity index (χ1v) is 11.5. The molecule has 158 valence electrons. The summed E-state index contributed by atoms with van der Waals surface area (Å²) in [5.41, 5.74) is 7.19. The van der Waals surface area contributed by atoms with E-state index >= 15 is 0 Å². The molecule has 0 unspecified atom stereocenters. The van der Waals surface area contributed by atoms with Crippen molar-refractivity contribution in [3.63, 3.8) is 0 Å². The molecule has 0 bridgehead atoms. The summed E-state index contributed by atoms with van der Waals surface area (Å²) in [5.74, 6) is 0. The minimum atomic E-state index is 1.06. The molecule has 2 N–H and O–H groups in total. The van der Waals surface area contributed by atoms with Crippen LogP contribution in [0.5, 0.6) is 0 Å². The van der Waals surface area contributed by atoms with Crippen LogP contribution in [0.1, 0.15) is 30.7 Å². The molecule has 2 aliphatic rings. The van der Waals surface area contributed by atoms with Gasteiger partial charge in [-0.2, -0.15) is 0 Å². The third-order valence-corrected chi connectivity index (χ3v) is 6.57. The highest BCUT2D eigenvalue weighted by molar-refractivity contribution is 5.94. The van der Waals surface area contributed by atoms with Crippen LogP contribution in [0.2, 0.25) is 0 Å². The summed E-state index contributed by atoms with van der Waals surface area (Å²) in [4.78, 5) is 13.6. The highest BCUT2D eigenvalue weighted by Gasteiger charge is 2.14. The molecular formula is C25H33N5.